The number of carbonyl (C=O) groups is 3. The van der Waals surface area contributed by atoms with E-state index in [1.807, 2.05) is 0 Å². The summed E-state index contributed by atoms with van der Waals surface area (Å²) in [5.41, 5.74) is -0.818. The molecule has 200 valence electrons. The summed E-state index contributed by atoms with van der Waals surface area (Å²) in [5.74, 6) is -0.538. The Morgan fingerprint density at radius 3 is 2.03 bits per heavy atom. The quantitative estimate of drug-likeness (QED) is 0.336. The van der Waals surface area contributed by atoms with Crippen LogP contribution in [0.1, 0.15) is 72.6 Å². The van der Waals surface area contributed by atoms with Crippen LogP contribution in [0.4, 0.5) is 15.4 Å². The van der Waals surface area contributed by atoms with Crippen molar-refractivity contribution in [2.75, 3.05) is 12.0 Å². The predicted molar refractivity (Wildman–Crippen MR) is 138 cm³/mol. The molecule has 11 heteroatoms. The monoisotopic (exact) mass is 532 g/mol. The SMILES string of the molecule is COC(=O)Cc1ccc(-c2nn(C(C)C)c(N(C(=O)OC(C)(C)C)C(=O)OC(C)(C)C)c2C#N)c(Cl)c1. The average molecular weight is 533 g/mol. The number of anilines is 1. The second kappa shape index (κ2) is 11.2. The van der Waals surface area contributed by atoms with Crippen LogP contribution in [0.2, 0.25) is 5.02 Å². The molecule has 1 heterocycles. The number of benzene rings is 1. The highest BCUT2D eigenvalue weighted by atomic mass is 35.5. The van der Waals surface area contributed by atoms with Crippen molar-refractivity contribution in [2.24, 2.45) is 0 Å². The van der Waals surface area contributed by atoms with E-state index in [0.717, 1.165) is 0 Å². The predicted octanol–water partition coefficient (Wildman–Crippen LogP) is 6.05. The van der Waals surface area contributed by atoms with Gasteiger partial charge in [-0.1, -0.05) is 23.7 Å². The number of halogens is 1. The van der Waals surface area contributed by atoms with E-state index in [1.54, 1.807) is 73.6 Å². The first-order valence-corrected chi connectivity index (χ1v) is 12.0. The van der Waals surface area contributed by atoms with Crippen LogP contribution in [-0.2, 0) is 25.4 Å². The smallest absolute Gasteiger partial charge is 0.425 e. The van der Waals surface area contributed by atoms with Crippen molar-refractivity contribution in [1.82, 2.24) is 9.78 Å². The summed E-state index contributed by atoms with van der Waals surface area (Å²) >= 11 is 6.53. The third kappa shape index (κ3) is 7.46. The van der Waals surface area contributed by atoms with E-state index in [2.05, 4.69) is 11.2 Å². The van der Waals surface area contributed by atoms with E-state index in [-0.39, 0.29) is 34.6 Å². The number of aromatic nitrogens is 2. The second-order valence-electron chi connectivity index (χ2n) is 10.6. The van der Waals surface area contributed by atoms with Gasteiger partial charge in [-0.15, -0.1) is 0 Å². The van der Waals surface area contributed by atoms with Crippen LogP contribution in [0.3, 0.4) is 0 Å². The van der Waals surface area contributed by atoms with Crippen LogP contribution in [0.25, 0.3) is 11.3 Å². The van der Waals surface area contributed by atoms with Crippen molar-refractivity contribution in [2.45, 2.75) is 79.1 Å². The van der Waals surface area contributed by atoms with Gasteiger partial charge in [0.2, 0.25) is 0 Å². The summed E-state index contributed by atoms with van der Waals surface area (Å²) in [6.07, 6.45) is -2.03. The topological polar surface area (TPSA) is 124 Å². The van der Waals surface area contributed by atoms with Gasteiger partial charge in [-0.3, -0.25) is 4.79 Å². The van der Waals surface area contributed by atoms with E-state index < -0.39 is 29.4 Å². The van der Waals surface area contributed by atoms with E-state index >= 15 is 0 Å². The minimum atomic E-state index is -1.02. The highest BCUT2D eigenvalue weighted by Crippen LogP contribution is 2.37. The van der Waals surface area contributed by atoms with Gasteiger partial charge < -0.3 is 14.2 Å². The Morgan fingerprint density at radius 2 is 1.62 bits per heavy atom. The summed E-state index contributed by atoms with van der Waals surface area (Å²) < 4.78 is 17.1. The summed E-state index contributed by atoms with van der Waals surface area (Å²) in [6.45, 7) is 13.5. The van der Waals surface area contributed by atoms with Gasteiger partial charge in [0.15, 0.2) is 5.82 Å². The molecule has 1 aromatic heterocycles. The number of nitriles is 1. The van der Waals surface area contributed by atoms with Crippen molar-refractivity contribution in [3.63, 3.8) is 0 Å². The molecule has 2 aromatic rings. The van der Waals surface area contributed by atoms with E-state index in [1.165, 1.54) is 11.8 Å². The summed E-state index contributed by atoms with van der Waals surface area (Å²) in [6, 6.07) is 6.54. The number of rotatable bonds is 5. The molecule has 10 nitrogen and oxygen atoms in total. The molecule has 37 heavy (non-hydrogen) atoms. The van der Waals surface area contributed by atoms with Crippen molar-refractivity contribution in [1.29, 1.82) is 5.26 Å². The van der Waals surface area contributed by atoms with Crippen LogP contribution in [0.15, 0.2) is 18.2 Å². The van der Waals surface area contributed by atoms with Gasteiger partial charge in [-0.25, -0.2) is 14.3 Å². The summed E-state index contributed by atoms with van der Waals surface area (Å²) in [5, 5.41) is 15.0. The first kappa shape index (κ1) is 29.6. The molecule has 0 atom stereocenters. The number of nitrogens with zero attached hydrogens (tertiary/aromatic N) is 4. The number of imide groups is 1. The molecule has 2 amide bonds. The van der Waals surface area contributed by atoms with Crippen molar-refractivity contribution < 1.29 is 28.6 Å². The molecule has 1 aromatic carbocycles. The zero-order valence-corrected chi connectivity index (χ0v) is 23.4. The molecule has 0 N–H and O–H groups in total. The van der Waals surface area contributed by atoms with Gasteiger partial charge in [0.1, 0.15) is 28.5 Å². The van der Waals surface area contributed by atoms with Gasteiger partial charge in [0.05, 0.1) is 18.6 Å². The van der Waals surface area contributed by atoms with E-state index in [4.69, 9.17) is 25.8 Å². The van der Waals surface area contributed by atoms with E-state index in [0.29, 0.717) is 16.0 Å². The Morgan fingerprint density at radius 1 is 1.08 bits per heavy atom. The molecule has 0 saturated carbocycles. The second-order valence-corrected chi connectivity index (χ2v) is 11.0. The number of methoxy groups -OCH3 is 1. The highest BCUT2D eigenvalue weighted by Gasteiger charge is 2.39. The minimum Gasteiger partial charge on any atom is -0.469 e. The number of amides is 2. The lowest BCUT2D eigenvalue weighted by molar-refractivity contribution is -0.139. The van der Waals surface area contributed by atoms with Gasteiger partial charge in [0.25, 0.3) is 0 Å². The number of hydrogen-bond acceptors (Lipinski definition) is 8. The van der Waals surface area contributed by atoms with Crippen molar-refractivity contribution in [3.8, 4) is 17.3 Å². The highest BCUT2D eigenvalue weighted by molar-refractivity contribution is 6.33. The Kier molecular flexibility index (Phi) is 8.99. The molecule has 0 aliphatic carbocycles. The molecule has 0 aliphatic rings. The molecule has 0 radical (unpaired) electrons. The lowest BCUT2D eigenvalue weighted by Gasteiger charge is -2.29. The third-order valence-corrected chi connectivity index (χ3v) is 5.03. The Labute approximate surface area is 222 Å². The van der Waals surface area contributed by atoms with Gasteiger partial charge in [-0.05, 0) is 67.0 Å². The maximum absolute atomic E-state index is 13.3. The van der Waals surface area contributed by atoms with E-state index in [9.17, 15) is 19.6 Å². The Bertz CT molecular complexity index is 1200. The fourth-order valence-corrected chi connectivity index (χ4v) is 3.55. The average Bonchev–Trinajstić information content (AvgIpc) is 3.10. The molecule has 0 unspecified atom stereocenters. The lowest BCUT2D eigenvalue weighted by Crippen LogP contribution is -2.45. The molecule has 2 rings (SSSR count). The van der Waals surface area contributed by atoms with Crippen molar-refractivity contribution in [3.05, 3.63) is 34.3 Å². The number of esters is 1. The normalized spacial score (nSPS) is 11.6. The standard InChI is InChI=1S/C26H33ClN4O6/c1-15(2)31-22(30(23(33)36-25(3,4)5)24(34)37-26(6,7)8)18(14-28)21(29-31)17-11-10-16(12-19(17)27)13-20(32)35-9/h10-12,15H,13H2,1-9H3. The molecule has 0 aliphatic heterocycles. The zero-order valence-electron chi connectivity index (χ0n) is 22.6. The maximum Gasteiger partial charge on any atom is 0.425 e. The van der Waals surface area contributed by atoms with Crippen LogP contribution < -0.4 is 4.90 Å². The van der Waals surface area contributed by atoms with Crippen LogP contribution in [-0.4, -0.2) is 46.2 Å². The first-order chi connectivity index (χ1) is 17.0. The zero-order chi connectivity index (χ0) is 28.3. The number of hydrogen-bond donors (Lipinski definition) is 0. The van der Waals surface area contributed by atoms with Gasteiger partial charge in [-0.2, -0.15) is 15.3 Å². The first-order valence-electron chi connectivity index (χ1n) is 11.6. The van der Waals surface area contributed by atoms with Gasteiger partial charge in [0, 0.05) is 11.6 Å². The largest absolute Gasteiger partial charge is 0.469 e. The minimum absolute atomic E-state index is 0.0123. The third-order valence-electron chi connectivity index (χ3n) is 4.71. The molecule has 0 spiro atoms. The lowest BCUT2D eigenvalue weighted by atomic mass is 10.0. The summed E-state index contributed by atoms with van der Waals surface area (Å²) in [4.78, 5) is 38.9. The molecule has 0 fully saturated rings. The van der Waals surface area contributed by atoms with Crippen LogP contribution in [0.5, 0.6) is 0 Å². The molecular formula is C26H33ClN4O6. The van der Waals surface area contributed by atoms with Crippen molar-refractivity contribution >= 4 is 35.6 Å². The fourth-order valence-electron chi connectivity index (χ4n) is 3.25. The van der Waals surface area contributed by atoms with Crippen LogP contribution in [0, 0.1) is 11.3 Å². The molecular weight excluding hydrogens is 500 g/mol. The number of carbonyl (C=O) groups excluding carboxylic acids is 3. The van der Waals surface area contributed by atoms with Gasteiger partial charge >= 0.3 is 18.2 Å². The van der Waals surface area contributed by atoms with Crippen LogP contribution >= 0.6 is 11.6 Å². The molecule has 0 bridgehead atoms. The maximum atomic E-state index is 13.3. The Hall–Kier alpha value is -3.58. The Balaban J connectivity index is 2.78. The number of ether oxygens (including phenoxy) is 3. The molecule has 0 saturated heterocycles. The fraction of sp³-hybridized carbons (Fsp3) is 0.500. The summed E-state index contributed by atoms with van der Waals surface area (Å²) in [7, 11) is 1.29.